The minimum Gasteiger partial charge on any atom is -0.311 e. The summed E-state index contributed by atoms with van der Waals surface area (Å²) in [5, 5.41) is 0. The van der Waals surface area contributed by atoms with Crippen molar-refractivity contribution in [1.29, 1.82) is 0 Å². The predicted molar refractivity (Wildman–Crippen MR) is 106 cm³/mol. The van der Waals surface area contributed by atoms with Gasteiger partial charge in [-0.3, -0.25) is 4.79 Å². The second-order valence-corrected chi connectivity index (χ2v) is 8.07. The highest BCUT2D eigenvalue weighted by atomic mass is 32.2. The molecule has 0 fully saturated rings. The summed E-state index contributed by atoms with van der Waals surface area (Å²) in [5.41, 5.74) is 2.95. The first-order chi connectivity index (χ1) is 12.4. The summed E-state index contributed by atoms with van der Waals surface area (Å²) in [7, 11) is -3.38. The molecule has 2 aromatic rings. The highest BCUT2D eigenvalue weighted by Gasteiger charge is 2.14. The zero-order valence-corrected chi connectivity index (χ0v) is 16.1. The molecule has 0 radical (unpaired) electrons. The molecule has 26 heavy (non-hydrogen) atoms. The van der Waals surface area contributed by atoms with Crippen LogP contribution in [-0.2, 0) is 27.7 Å². The first kappa shape index (κ1) is 20.1. The smallest absolute Gasteiger partial charge is 0.223 e. The molecule has 0 spiro atoms. The standard InChI is InChI=1S/C20H26N2O3S/c1-3-18-9-11-20(12-10-18)22(17(2)23)15-14-21-26(24,25)16-13-19-7-5-4-6-8-19/h4-12,21H,3,13-16H2,1-2H3. The monoisotopic (exact) mass is 374 g/mol. The van der Waals surface area contributed by atoms with Crippen LogP contribution >= 0.6 is 0 Å². The van der Waals surface area contributed by atoms with E-state index in [1.807, 2.05) is 54.6 Å². The van der Waals surface area contributed by atoms with E-state index in [9.17, 15) is 13.2 Å². The number of nitrogens with one attached hydrogen (secondary N) is 1. The van der Waals surface area contributed by atoms with Gasteiger partial charge in [-0.05, 0) is 36.1 Å². The van der Waals surface area contributed by atoms with Crippen LogP contribution in [0.25, 0.3) is 0 Å². The Kier molecular flexibility index (Phi) is 7.36. The first-order valence-corrected chi connectivity index (χ1v) is 10.4. The Bertz CT molecular complexity index is 803. The lowest BCUT2D eigenvalue weighted by molar-refractivity contribution is -0.116. The van der Waals surface area contributed by atoms with Crippen LogP contribution in [0.1, 0.15) is 25.0 Å². The van der Waals surface area contributed by atoms with E-state index in [2.05, 4.69) is 11.6 Å². The molecule has 0 aliphatic rings. The zero-order valence-electron chi connectivity index (χ0n) is 15.3. The quantitative estimate of drug-likeness (QED) is 0.734. The third-order valence-electron chi connectivity index (χ3n) is 4.20. The van der Waals surface area contributed by atoms with Gasteiger partial charge in [0.15, 0.2) is 0 Å². The molecule has 2 rings (SSSR count). The molecule has 0 bridgehead atoms. The molecule has 0 saturated carbocycles. The van der Waals surface area contributed by atoms with Crippen molar-refractivity contribution >= 4 is 21.6 Å². The summed E-state index contributed by atoms with van der Waals surface area (Å²) in [5.74, 6) is -0.0832. The van der Waals surface area contributed by atoms with Gasteiger partial charge in [-0.15, -0.1) is 0 Å². The maximum atomic E-state index is 12.2. The van der Waals surface area contributed by atoms with Crippen LogP contribution in [-0.4, -0.2) is 33.2 Å². The average Bonchev–Trinajstić information content (AvgIpc) is 2.64. The summed E-state index contributed by atoms with van der Waals surface area (Å²) < 4.78 is 26.9. The molecule has 2 aromatic carbocycles. The van der Waals surface area contributed by atoms with E-state index < -0.39 is 10.0 Å². The molecule has 0 aliphatic carbocycles. The summed E-state index contributed by atoms with van der Waals surface area (Å²) >= 11 is 0. The van der Waals surface area contributed by atoms with Gasteiger partial charge in [0.25, 0.3) is 0 Å². The fourth-order valence-corrected chi connectivity index (χ4v) is 3.71. The van der Waals surface area contributed by atoms with Crippen molar-refractivity contribution in [2.24, 2.45) is 0 Å². The molecular weight excluding hydrogens is 348 g/mol. The van der Waals surface area contributed by atoms with Crippen LogP contribution < -0.4 is 9.62 Å². The Hall–Kier alpha value is -2.18. The molecule has 6 heteroatoms. The Labute approximate surface area is 156 Å². The van der Waals surface area contributed by atoms with Crippen molar-refractivity contribution in [2.75, 3.05) is 23.7 Å². The minimum atomic E-state index is -3.38. The number of amides is 1. The van der Waals surface area contributed by atoms with E-state index in [0.717, 1.165) is 17.7 Å². The van der Waals surface area contributed by atoms with Gasteiger partial charge in [0.05, 0.1) is 5.75 Å². The molecule has 0 saturated heterocycles. The first-order valence-electron chi connectivity index (χ1n) is 8.79. The number of hydrogen-bond donors (Lipinski definition) is 1. The largest absolute Gasteiger partial charge is 0.311 e. The van der Waals surface area contributed by atoms with Crippen molar-refractivity contribution in [3.05, 3.63) is 65.7 Å². The predicted octanol–water partition coefficient (Wildman–Crippen LogP) is 2.76. The van der Waals surface area contributed by atoms with E-state index in [4.69, 9.17) is 0 Å². The van der Waals surface area contributed by atoms with Crippen LogP contribution in [0.3, 0.4) is 0 Å². The molecular formula is C20H26N2O3S. The second-order valence-electron chi connectivity index (χ2n) is 6.14. The molecule has 0 atom stereocenters. The molecule has 0 unspecified atom stereocenters. The summed E-state index contributed by atoms with van der Waals surface area (Å²) in [6.45, 7) is 4.04. The van der Waals surface area contributed by atoms with E-state index in [-0.39, 0.29) is 18.2 Å². The minimum absolute atomic E-state index is 0.0300. The molecule has 0 aromatic heterocycles. The number of benzene rings is 2. The number of hydrogen-bond acceptors (Lipinski definition) is 3. The number of rotatable bonds is 9. The Morgan fingerprint density at radius 3 is 2.23 bits per heavy atom. The Morgan fingerprint density at radius 2 is 1.65 bits per heavy atom. The van der Waals surface area contributed by atoms with Crippen molar-refractivity contribution in [3.8, 4) is 0 Å². The van der Waals surface area contributed by atoms with Gasteiger partial charge >= 0.3 is 0 Å². The highest BCUT2D eigenvalue weighted by Crippen LogP contribution is 2.15. The van der Waals surface area contributed by atoms with E-state index >= 15 is 0 Å². The van der Waals surface area contributed by atoms with Crippen LogP contribution in [0.4, 0.5) is 5.69 Å². The van der Waals surface area contributed by atoms with Crippen LogP contribution in [0, 0.1) is 0 Å². The van der Waals surface area contributed by atoms with Crippen LogP contribution in [0.15, 0.2) is 54.6 Å². The van der Waals surface area contributed by atoms with Gasteiger partial charge in [0.2, 0.25) is 15.9 Å². The molecule has 0 aliphatic heterocycles. The van der Waals surface area contributed by atoms with Gasteiger partial charge in [-0.2, -0.15) is 0 Å². The van der Waals surface area contributed by atoms with Crippen LogP contribution in [0.5, 0.6) is 0 Å². The van der Waals surface area contributed by atoms with E-state index in [0.29, 0.717) is 13.0 Å². The van der Waals surface area contributed by atoms with E-state index in [1.54, 1.807) is 4.90 Å². The summed E-state index contributed by atoms with van der Waals surface area (Å²) in [6, 6.07) is 17.3. The number of aryl methyl sites for hydroxylation is 2. The number of carbonyl (C=O) groups excluding carboxylic acids is 1. The fourth-order valence-electron chi connectivity index (χ4n) is 2.66. The molecule has 1 N–H and O–H groups in total. The van der Waals surface area contributed by atoms with Gasteiger partial charge in [-0.1, -0.05) is 49.4 Å². The molecule has 140 valence electrons. The van der Waals surface area contributed by atoms with Crippen molar-refractivity contribution in [3.63, 3.8) is 0 Å². The normalized spacial score (nSPS) is 11.3. The lowest BCUT2D eigenvalue weighted by atomic mass is 10.1. The fraction of sp³-hybridized carbons (Fsp3) is 0.350. The molecule has 0 heterocycles. The number of sulfonamides is 1. The SMILES string of the molecule is CCc1ccc(N(CCNS(=O)(=O)CCc2ccccc2)C(C)=O)cc1. The van der Waals surface area contributed by atoms with Gasteiger partial charge in [0, 0.05) is 25.7 Å². The summed E-state index contributed by atoms with van der Waals surface area (Å²) in [6.07, 6.45) is 1.40. The van der Waals surface area contributed by atoms with Crippen molar-refractivity contribution < 1.29 is 13.2 Å². The lowest BCUT2D eigenvalue weighted by Crippen LogP contribution is -2.38. The van der Waals surface area contributed by atoms with E-state index in [1.165, 1.54) is 12.5 Å². The maximum absolute atomic E-state index is 12.2. The average molecular weight is 375 g/mol. The molecule has 1 amide bonds. The third-order valence-corrected chi connectivity index (χ3v) is 5.58. The number of carbonyl (C=O) groups is 1. The summed E-state index contributed by atoms with van der Waals surface area (Å²) in [4.78, 5) is 13.5. The lowest BCUT2D eigenvalue weighted by Gasteiger charge is -2.21. The van der Waals surface area contributed by atoms with Gasteiger partial charge < -0.3 is 4.90 Å². The van der Waals surface area contributed by atoms with Gasteiger partial charge in [0.1, 0.15) is 0 Å². The second kappa shape index (κ2) is 9.50. The highest BCUT2D eigenvalue weighted by molar-refractivity contribution is 7.89. The third kappa shape index (κ3) is 6.28. The Morgan fingerprint density at radius 1 is 1.00 bits per heavy atom. The number of nitrogens with zero attached hydrogens (tertiary/aromatic N) is 1. The number of anilines is 1. The Balaban J connectivity index is 1.89. The van der Waals surface area contributed by atoms with Crippen LogP contribution in [0.2, 0.25) is 0 Å². The van der Waals surface area contributed by atoms with Crippen molar-refractivity contribution in [1.82, 2.24) is 4.72 Å². The topological polar surface area (TPSA) is 66.5 Å². The van der Waals surface area contributed by atoms with Gasteiger partial charge in [-0.25, -0.2) is 13.1 Å². The maximum Gasteiger partial charge on any atom is 0.223 e. The zero-order chi connectivity index (χ0) is 19.0. The molecule has 5 nitrogen and oxygen atoms in total. The van der Waals surface area contributed by atoms with Crippen molar-refractivity contribution in [2.45, 2.75) is 26.7 Å².